The van der Waals surface area contributed by atoms with Gasteiger partial charge in [0.25, 0.3) is 5.91 Å². The Morgan fingerprint density at radius 2 is 1.82 bits per heavy atom. The number of hydrogen-bond donors (Lipinski definition) is 2. The second kappa shape index (κ2) is 11.1. The van der Waals surface area contributed by atoms with Crippen molar-refractivity contribution < 1.29 is 14.4 Å². The van der Waals surface area contributed by atoms with Gasteiger partial charge in [-0.05, 0) is 56.3 Å². The van der Waals surface area contributed by atoms with Crippen LogP contribution >= 0.6 is 11.3 Å². The van der Waals surface area contributed by atoms with Gasteiger partial charge in [0.15, 0.2) is 0 Å². The molecule has 1 atom stereocenters. The second-order valence-electron chi connectivity index (χ2n) is 8.67. The molecule has 1 unspecified atom stereocenters. The zero-order chi connectivity index (χ0) is 24.7. The summed E-state index contributed by atoms with van der Waals surface area (Å²) < 4.78 is 0. The Morgan fingerprint density at radius 3 is 2.41 bits per heavy atom. The zero-order valence-corrected chi connectivity index (χ0v) is 20.7. The Kier molecular flexibility index (Phi) is 8.17. The number of hydrogen-bond acceptors (Lipinski definition) is 5. The van der Waals surface area contributed by atoms with E-state index in [1.165, 1.54) is 16.2 Å². The molecular weight excluding hydrogens is 448 g/mol. The van der Waals surface area contributed by atoms with Gasteiger partial charge < -0.3 is 10.6 Å². The summed E-state index contributed by atoms with van der Waals surface area (Å²) >= 11 is 1.29. The first-order valence-corrected chi connectivity index (χ1v) is 12.0. The van der Waals surface area contributed by atoms with Crippen LogP contribution in [-0.4, -0.2) is 34.8 Å². The number of pyridine rings is 1. The van der Waals surface area contributed by atoms with Gasteiger partial charge in [0, 0.05) is 11.7 Å². The van der Waals surface area contributed by atoms with Crippen molar-refractivity contribution in [3.05, 3.63) is 82.3 Å². The summed E-state index contributed by atoms with van der Waals surface area (Å²) in [7, 11) is 0. The van der Waals surface area contributed by atoms with Crippen LogP contribution in [0.25, 0.3) is 0 Å². The molecule has 0 aliphatic carbocycles. The number of carbonyl (C=O) groups excluding carboxylic acids is 3. The SMILES string of the molecule is CCC(C)(C)NC(=O)C(c1ccc(C)cc1)N(C(=O)CNC(=O)c1cccs1)c1cccnc1. The molecule has 3 amide bonds. The summed E-state index contributed by atoms with van der Waals surface area (Å²) in [6.45, 7) is 7.57. The van der Waals surface area contributed by atoms with Crippen molar-refractivity contribution in [2.75, 3.05) is 11.4 Å². The lowest BCUT2D eigenvalue weighted by atomic mass is 9.97. The third-order valence-corrected chi connectivity index (χ3v) is 6.45. The van der Waals surface area contributed by atoms with Crippen LogP contribution in [0, 0.1) is 6.92 Å². The molecule has 0 spiro atoms. The van der Waals surface area contributed by atoms with Gasteiger partial charge >= 0.3 is 0 Å². The van der Waals surface area contributed by atoms with Gasteiger partial charge in [0.1, 0.15) is 6.04 Å². The smallest absolute Gasteiger partial charge is 0.261 e. The minimum Gasteiger partial charge on any atom is -0.349 e. The van der Waals surface area contributed by atoms with E-state index in [-0.39, 0.29) is 18.4 Å². The van der Waals surface area contributed by atoms with Crippen molar-refractivity contribution in [1.82, 2.24) is 15.6 Å². The van der Waals surface area contributed by atoms with Gasteiger partial charge in [0.05, 0.1) is 23.3 Å². The highest BCUT2D eigenvalue weighted by Crippen LogP contribution is 2.29. The molecule has 3 aromatic rings. The summed E-state index contributed by atoms with van der Waals surface area (Å²) in [5, 5.41) is 7.55. The third kappa shape index (κ3) is 6.29. The highest BCUT2D eigenvalue weighted by molar-refractivity contribution is 7.12. The average molecular weight is 479 g/mol. The van der Waals surface area contributed by atoms with Crippen molar-refractivity contribution in [3.63, 3.8) is 0 Å². The van der Waals surface area contributed by atoms with Crippen LogP contribution in [0.5, 0.6) is 0 Å². The molecular formula is C26H30N4O3S. The summed E-state index contributed by atoms with van der Waals surface area (Å²) in [6.07, 6.45) is 3.86. The molecule has 3 rings (SSSR count). The maximum Gasteiger partial charge on any atom is 0.261 e. The number of thiophene rings is 1. The van der Waals surface area contributed by atoms with Crippen LogP contribution < -0.4 is 15.5 Å². The van der Waals surface area contributed by atoms with Crippen LogP contribution in [0.3, 0.4) is 0 Å². The molecule has 34 heavy (non-hydrogen) atoms. The number of aryl methyl sites for hydroxylation is 1. The molecule has 0 saturated carbocycles. The fourth-order valence-corrected chi connectivity index (χ4v) is 3.97. The zero-order valence-electron chi connectivity index (χ0n) is 19.9. The highest BCUT2D eigenvalue weighted by Gasteiger charge is 2.35. The predicted molar refractivity (Wildman–Crippen MR) is 135 cm³/mol. The molecule has 0 fully saturated rings. The topological polar surface area (TPSA) is 91.4 Å². The number of nitrogens with zero attached hydrogens (tertiary/aromatic N) is 2. The van der Waals surface area contributed by atoms with E-state index in [4.69, 9.17) is 0 Å². The summed E-state index contributed by atoms with van der Waals surface area (Å²) in [6, 6.07) is 13.5. The van der Waals surface area contributed by atoms with Crippen molar-refractivity contribution in [2.24, 2.45) is 0 Å². The number of rotatable bonds is 9. The number of carbonyl (C=O) groups is 3. The third-order valence-electron chi connectivity index (χ3n) is 5.58. The van der Waals surface area contributed by atoms with Gasteiger partial charge in [-0.3, -0.25) is 24.3 Å². The van der Waals surface area contributed by atoms with E-state index in [2.05, 4.69) is 15.6 Å². The number of benzene rings is 1. The molecule has 0 aliphatic heterocycles. The van der Waals surface area contributed by atoms with Crippen molar-refractivity contribution in [1.29, 1.82) is 0 Å². The molecule has 178 valence electrons. The van der Waals surface area contributed by atoms with Crippen LogP contribution in [0.4, 0.5) is 5.69 Å². The number of amides is 3. The fourth-order valence-electron chi connectivity index (χ4n) is 3.33. The van der Waals surface area contributed by atoms with Crippen molar-refractivity contribution in [2.45, 2.75) is 45.7 Å². The van der Waals surface area contributed by atoms with E-state index < -0.39 is 17.5 Å². The van der Waals surface area contributed by atoms with Crippen LogP contribution in [0.2, 0.25) is 0 Å². The van der Waals surface area contributed by atoms with E-state index in [1.54, 1.807) is 42.0 Å². The van der Waals surface area contributed by atoms with E-state index in [0.717, 1.165) is 12.0 Å². The Bertz CT molecular complexity index is 1110. The van der Waals surface area contributed by atoms with Crippen LogP contribution in [-0.2, 0) is 9.59 Å². The standard InChI is InChI=1S/C26H30N4O3S/c1-5-26(3,4)29-25(33)23(19-12-10-18(2)11-13-19)30(20-8-6-14-27-16-20)22(31)17-28-24(32)21-9-7-15-34-21/h6-16,23H,5,17H2,1-4H3,(H,28,32)(H,29,33). The Balaban J connectivity index is 1.99. The molecule has 0 aliphatic rings. The summed E-state index contributed by atoms with van der Waals surface area (Å²) in [5.41, 5.74) is 1.71. The first kappa shape index (κ1) is 25.1. The quantitative estimate of drug-likeness (QED) is 0.481. The molecule has 2 N–H and O–H groups in total. The monoisotopic (exact) mass is 478 g/mol. The lowest BCUT2D eigenvalue weighted by molar-refractivity contribution is -0.127. The van der Waals surface area contributed by atoms with E-state index >= 15 is 0 Å². The molecule has 2 heterocycles. The molecule has 0 radical (unpaired) electrons. The maximum atomic E-state index is 13.6. The van der Waals surface area contributed by atoms with E-state index in [1.807, 2.05) is 52.0 Å². The van der Waals surface area contributed by atoms with Crippen molar-refractivity contribution >= 4 is 34.7 Å². The lowest BCUT2D eigenvalue weighted by Gasteiger charge is -2.34. The van der Waals surface area contributed by atoms with Crippen LogP contribution in [0.15, 0.2) is 66.3 Å². The lowest BCUT2D eigenvalue weighted by Crippen LogP contribution is -2.52. The first-order chi connectivity index (χ1) is 16.2. The number of aromatic nitrogens is 1. The van der Waals surface area contributed by atoms with Crippen LogP contribution in [0.1, 0.15) is 54.0 Å². The summed E-state index contributed by atoms with van der Waals surface area (Å²) in [5.74, 6) is -1.07. The van der Waals surface area contributed by atoms with E-state index in [0.29, 0.717) is 16.1 Å². The normalized spacial score (nSPS) is 12.0. The van der Waals surface area contributed by atoms with Gasteiger partial charge in [-0.25, -0.2) is 0 Å². The Hall–Kier alpha value is -3.52. The van der Waals surface area contributed by atoms with Gasteiger partial charge in [-0.15, -0.1) is 11.3 Å². The van der Waals surface area contributed by atoms with Gasteiger partial charge in [-0.2, -0.15) is 0 Å². The molecule has 2 aromatic heterocycles. The molecule has 7 nitrogen and oxygen atoms in total. The fraction of sp³-hybridized carbons (Fsp3) is 0.308. The minimum absolute atomic E-state index is 0.265. The minimum atomic E-state index is -0.943. The van der Waals surface area contributed by atoms with Crippen molar-refractivity contribution in [3.8, 4) is 0 Å². The highest BCUT2D eigenvalue weighted by atomic mass is 32.1. The van der Waals surface area contributed by atoms with Gasteiger partial charge in [0.2, 0.25) is 11.8 Å². The summed E-state index contributed by atoms with van der Waals surface area (Å²) in [4.78, 5) is 45.7. The number of anilines is 1. The Morgan fingerprint density at radius 1 is 1.09 bits per heavy atom. The van der Waals surface area contributed by atoms with E-state index in [9.17, 15) is 14.4 Å². The predicted octanol–water partition coefficient (Wildman–Crippen LogP) is 4.26. The Labute approximate surface area is 204 Å². The number of nitrogens with one attached hydrogen (secondary N) is 2. The maximum absolute atomic E-state index is 13.6. The largest absolute Gasteiger partial charge is 0.349 e. The molecule has 8 heteroatoms. The average Bonchev–Trinajstić information content (AvgIpc) is 3.37. The van der Waals surface area contributed by atoms with Gasteiger partial charge in [-0.1, -0.05) is 42.8 Å². The second-order valence-corrected chi connectivity index (χ2v) is 9.62. The first-order valence-electron chi connectivity index (χ1n) is 11.1. The molecule has 0 bridgehead atoms. The molecule has 1 aromatic carbocycles. The molecule has 0 saturated heterocycles.